The molecule has 0 amide bonds. The van der Waals surface area contributed by atoms with Gasteiger partial charge in [-0.3, -0.25) is 9.36 Å². The number of allylic oxidation sites excluding steroid dienone is 1. The van der Waals surface area contributed by atoms with Gasteiger partial charge >= 0.3 is 0 Å². The van der Waals surface area contributed by atoms with Gasteiger partial charge in [-0.25, -0.2) is 0 Å². The summed E-state index contributed by atoms with van der Waals surface area (Å²) in [5.41, 5.74) is 1.48. The molecule has 26 heavy (non-hydrogen) atoms. The second-order valence-electron chi connectivity index (χ2n) is 5.41. The van der Waals surface area contributed by atoms with Crippen LogP contribution in [0, 0.1) is 0 Å². The van der Waals surface area contributed by atoms with Gasteiger partial charge in [0.15, 0.2) is 16.8 Å². The zero-order valence-corrected chi connectivity index (χ0v) is 16.1. The quantitative estimate of drug-likeness (QED) is 0.300. The molecule has 0 bridgehead atoms. The van der Waals surface area contributed by atoms with Crippen LogP contribution in [0.4, 0.5) is 0 Å². The molecule has 0 unspecified atom stereocenters. The number of hydrogen-bond donors (Lipinski definition) is 0. The second kappa shape index (κ2) is 8.54. The highest BCUT2D eigenvalue weighted by Crippen LogP contribution is 2.26. The van der Waals surface area contributed by atoms with Crippen molar-refractivity contribution in [1.82, 2.24) is 14.8 Å². The maximum atomic E-state index is 12.4. The van der Waals surface area contributed by atoms with E-state index in [0.717, 1.165) is 11.4 Å². The fourth-order valence-corrected chi connectivity index (χ4v) is 3.51. The van der Waals surface area contributed by atoms with Crippen molar-refractivity contribution in [2.75, 3.05) is 5.75 Å². The molecule has 0 radical (unpaired) electrons. The van der Waals surface area contributed by atoms with Crippen molar-refractivity contribution < 1.29 is 4.79 Å². The molecule has 1 aromatic heterocycles. The lowest BCUT2D eigenvalue weighted by molar-refractivity contribution is 0.102. The van der Waals surface area contributed by atoms with E-state index in [-0.39, 0.29) is 11.5 Å². The number of aromatic nitrogens is 3. The van der Waals surface area contributed by atoms with E-state index < -0.39 is 0 Å². The van der Waals surface area contributed by atoms with Crippen molar-refractivity contribution in [1.29, 1.82) is 0 Å². The number of Topliss-reactive ketones (excluding diaryl/α,β-unsaturated/α-hetero) is 1. The molecule has 3 aromatic rings. The number of nitrogens with zero attached hydrogens (tertiary/aromatic N) is 3. The normalized spacial score (nSPS) is 10.7. The Kier molecular flexibility index (Phi) is 6.14. The summed E-state index contributed by atoms with van der Waals surface area (Å²) in [5.74, 6) is 0.917. The largest absolute Gasteiger partial charge is 0.298 e. The van der Waals surface area contributed by atoms with Crippen LogP contribution >= 0.6 is 35.0 Å². The molecule has 0 saturated carbocycles. The third-order valence-electron chi connectivity index (χ3n) is 3.63. The Morgan fingerprint density at radius 3 is 2.58 bits per heavy atom. The Balaban J connectivity index is 1.79. The van der Waals surface area contributed by atoms with Crippen molar-refractivity contribution in [2.45, 2.75) is 11.7 Å². The minimum absolute atomic E-state index is 0.0528. The standard InChI is InChI=1S/C19H15Cl2N3OS/c1-2-10-24-18(13-6-4-3-5-7-13)22-23-19(24)26-12-17(25)14-8-9-15(20)16(21)11-14/h2-9,11H,1,10,12H2. The number of halogens is 2. The second-order valence-corrected chi connectivity index (χ2v) is 7.17. The number of carbonyl (C=O) groups excluding carboxylic acids is 1. The Labute approximate surface area is 165 Å². The van der Waals surface area contributed by atoms with Gasteiger partial charge in [0, 0.05) is 17.7 Å². The van der Waals surface area contributed by atoms with Gasteiger partial charge in [-0.1, -0.05) is 71.4 Å². The average Bonchev–Trinajstić information content (AvgIpc) is 3.06. The van der Waals surface area contributed by atoms with Crippen LogP contribution in [0.5, 0.6) is 0 Å². The zero-order valence-electron chi connectivity index (χ0n) is 13.7. The Bertz CT molecular complexity index is 941. The van der Waals surface area contributed by atoms with Crippen LogP contribution in [0.1, 0.15) is 10.4 Å². The summed E-state index contributed by atoms with van der Waals surface area (Å²) in [7, 11) is 0. The predicted molar refractivity (Wildman–Crippen MR) is 107 cm³/mol. The fourth-order valence-electron chi connectivity index (χ4n) is 2.37. The van der Waals surface area contributed by atoms with Gasteiger partial charge in [-0.2, -0.15) is 0 Å². The molecule has 2 aromatic carbocycles. The van der Waals surface area contributed by atoms with Crippen molar-refractivity contribution in [3.8, 4) is 11.4 Å². The number of hydrogen-bond acceptors (Lipinski definition) is 4. The van der Waals surface area contributed by atoms with Gasteiger partial charge in [0.2, 0.25) is 0 Å². The monoisotopic (exact) mass is 403 g/mol. The third kappa shape index (κ3) is 4.18. The first-order valence-corrected chi connectivity index (χ1v) is 9.55. The summed E-state index contributed by atoms with van der Waals surface area (Å²) >= 11 is 13.2. The predicted octanol–water partition coefficient (Wildman–Crippen LogP) is 5.41. The molecule has 0 aliphatic heterocycles. The fraction of sp³-hybridized carbons (Fsp3) is 0.105. The molecule has 0 saturated heterocycles. The van der Waals surface area contributed by atoms with Crippen LogP contribution in [0.2, 0.25) is 10.0 Å². The van der Waals surface area contributed by atoms with Crippen LogP contribution in [-0.4, -0.2) is 26.3 Å². The molecule has 0 spiro atoms. The molecule has 0 fully saturated rings. The smallest absolute Gasteiger partial charge is 0.192 e. The number of benzene rings is 2. The van der Waals surface area contributed by atoms with Gasteiger partial charge in [0.25, 0.3) is 0 Å². The van der Waals surface area contributed by atoms with E-state index in [1.165, 1.54) is 11.8 Å². The first-order valence-electron chi connectivity index (χ1n) is 7.80. The first-order chi connectivity index (χ1) is 12.6. The minimum Gasteiger partial charge on any atom is -0.298 e. The van der Waals surface area contributed by atoms with Crippen molar-refractivity contribution in [2.24, 2.45) is 0 Å². The maximum absolute atomic E-state index is 12.4. The number of carbonyl (C=O) groups is 1. The van der Waals surface area contributed by atoms with E-state index in [1.807, 2.05) is 34.9 Å². The van der Waals surface area contributed by atoms with E-state index >= 15 is 0 Å². The molecule has 132 valence electrons. The first kappa shape index (κ1) is 18.7. The van der Waals surface area contributed by atoms with Gasteiger partial charge < -0.3 is 0 Å². The van der Waals surface area contributed by atoms with Crippen molar-refractivity contribution in [3.63, 3.8) is 0 Å². The van der Waals surface area contributed by atoms with E-state index in [4.69, 9.17) is 23.2 Å². The topological polar surface area (TPSA) is 47.8 Å². The van der Waals surface area contributed by atoms with Crippen molar-refractivity contribution in [3.05, 3.63) is 76.8 Å². The maximum Gasteiger partial charge on any atom is 0.192 e. The lowest BCUT2D eigenvalue weighted by atomic mass is 10.1. The Morgan fingerprint density at radius 1 is 1.12 bits per heavy atom. The SMILES string of the molecule is C=CCn1c(SCC(=O)c2ccc(Cl)c(Cl)c2)nnc1-c1ccccc1. The summed E-state index contributed by atoms with van der Waals surface area (Å²) < 4.78 is 1.94. The molecular weight excluding hydrogens is 389 g/mol. The van der Waals surface area contributed by atoms with Crippen LogP contribution in [0.25, 0.3) is 11.4 Å². The molecule has 0 atom stereocenters. The van der Waals surface area contributed by atoms with E-state index in [1.54, 1.807) is 24.3 Å². The molecule has 1 heterocycles. The molecule has 0 aliphatic rings. The number of rotatable bonds is 7. The highest BCUT2D eigenvalue weighted by atomic mass is 35.5. The summed E-state index contributed by atoms with van der Waals surface area (Å²) in [6.45, 7) is 4.35. The lowest BCUT2D eigenvalue weighted by Crippen LogP contribution is -2.05. The minimum atomic E-state index is -0.0528. The summed E-state index contributed by atoms with van der Waals surface area (Å²) in [6.07, 6.45) is 1.78. The number of ketones is 1. The van der Waals surface area contributed by atoms with Crippen molar-refractivity contribution >= 4 is 40.7 Å². The van der Waals surface area contributed by atoms with Crippen LogP contribution < -0.4 is 0 Å². The van der Waals surface area contributed by atoms with E-state index in [0.29, 0.717) is 27.3 Å². The third-order valence-corrected chi connectivity index (χ3v) is 5.34. The summed E-state index contributed by atoms with van der Waals surface area (Å²) in [4.78, 5) is 12.4. The van der Waals surface area contributed by atoms with E-state index in [2.05, 4.69) is 16.8 Å². The van der Waals surface area contributed by atoms with Gasteiger partial charge in [-0.05, 0) is 18.2 Å². The Hall–Kier alpha value is -2.08. The van der Waals surface area contributed by atoms with Gasteiger partial charge in [-0.15, -0.1) is 16.8 Å². The van der Waals surface area contributed by atoms with Gasteiger partial charge in [0.05, 0.1) is 15.8 Å². The van der Waals surface area contributed by atoms with Gasteiger partial charge in [0.1, 0.15) is 0 Å². The molecule has 0 aliphatic carbocycles. The highest BCUT2D eigenvalue weighted by molar-refractivity contribution is 7.99. The molecule has 3 rings (SSSR count). The molecule has 7 heteroatoms. The molecule has 4 nitrogen and oxygen atoms in total. The summed E-state index contributed by atoms with van der Waals surface area (Å²) in [6, 6.07) is 14.7. The average molecular weight is 404 g/mol. The van der Waals surface area contributed by atoms with Crippen LogP contribution in [0.15, 0.2) is 66.3 Å². The van der Waals surface area contributed by atoms with E-state index in [9.17, 15) is 4.79 Å². The summed E-state index contributed by atoms with van der Waals surface area (Å²) in [5, 5.41) is 9.97. The number of thioether (sulfide) groups is 1. The zero-order chi connectivity index (χ0) is 18.5. The lowest BCUT2D eigenvalue weighted by Gasteiger charge is -2.07. The molecule has 0 N–H and O–H groups in total. The Morgan fingerprint density at radius 2 is 1.88 bits per heavy atom. The van der Waals surface area contributed by atoms with Crippen LogP contribution in [0.3, 0.4) is 0 Å². The molecular formula is C19H15Cl2N3OS. The highest BCUT2D eigenvalue weighted by Gasteiger charge is 2.16. The van der Waals surface area contributed by atoms with Crippen LogP contribution in [-0.2, 0) is 6.54 Å².